The fourth-order valence-electron chi connectivity index (χ4n) is 2.39. The van der Waals surface area contributed by atoms with E-state index in [9.17, 15) is 14.4 Å². The molecule has 0 aromatic heterocycles. The molecule has 0 saturated carbocycles. The van der Waals surface area contributed by atoms with Crippen LogP contribution in [0, 0.1) is 0 Å². The Labute approximate surface area is 148 Å². The zero-order chi connectivity index (χ0) is 18.0. The van der Waals surface area contributed by atoms with E-state index in [1.807, 2.05) is 0 Å². The number of carbonyl (C=O) groups excluding carboxylic acids is 3. The molecule has 0 bridgehead atoms. The molecule has 0 radical (unpaired) electrons. The van der Waals surface area contributed by atoms with Crippen LogP contribution >= 0.6 is 11.6 Å². The van der Waals surface area contributed by atoms with Gasteiger partial charge in [-0.25, -0.2) is 4.79 Å². The largest absolute Gasteiger partial charge is 0.477 e. The van der Waals surface area contributed by atoms with Crippen LogP contribution in [-0.4, -0.2) is 29.0 Å². The molecular weight excluding hydrogens is 346 g/mol. The number of hydrogen-bond donors (Lipinski definition) is 0. The quantitative estimate of drug-likeness (QED) is 0.766. The van der Waals surface area contributed by atoms with Gasteiger partial charge in [0, 0.05) is 0 Å². The van der Waals surface area contributed by atoms with Gasteiger partial charge < -0.3 is 9.57 Å². The van der Waals surface area contributed by atoms with Crippen molar-refractivity contribution < 1.29 is 24.0 Å². The van der Waals surface area contributed by atoms with Gasteiger partial charge in [0.25, 0.3) is 11.8 Å². The van der Waals surface area contributed by atoms with Crippen LogP contribution in [0.1, 0.15) is 34.1 Å². The Hall–Kier alpha value is -2.86. The lowest BCUT2D eigenvalue weighted by Crippen LogP contribution is -2.38. The Balaban J connectivity index is 1.74. The Morgan fingerprint density at radius 3 is 2.16 bits per heavy atom. The van der Waals surface area contributed by atoms with E-state index in [-0.39, 0.29) is 17.5 Å². The second kappa shape index (κ2) is 6.94. The lowest BCUT2D eigenvalue weighted by atomic mass is 10.1. The molecule has 0 spiro atoms. The van der Waals surface area contributed by atoms with Crippen LogP contribution in [0.5, 0.6) is 5.75 Å². The molecule has 1 heterocycles. The molecule has 1 aliphatic heterocycles. The van der Waals surface area contributed by atoms with E-state index in [4.69, 9.17) is 21.2 Å². The van der Waals surface area contributed by atoms with Gasteiger partial charge in [0.05, 0.1) is 16.1 Å². The van der Waals surface area contributed by atoms with Crippen LogP contribution in [0.15, 0.2) is 48.5 Å². The molecular formula is C18H14ClNO5. The smallest absolute Gasteiger partial charge is 0.373 e. The molecule has 0 fully saturated rings. The summed E-state index contributed by atoms with van der Waals surface area (Å²) in [4.78, 5) is 41.8. The number of carbonyl (C=O) groups is 3. The van der Waals surface area contributed by atoms with E-state index in [0.717, 1.165) is 0 Å². The molecule has 1 aliphatic rings. The summed E-state index contributed by atoms with van der Waals surface area (Å²) in [6.45, 7) is 1.71. The molecule has 128 valence electrons. The predicted octanol–water partition coefficient (Wildman–Crippen LogP) is 3.25. The first kappa shape index (κ1) is 17.0. The van der Waals surface area contributed by atoms with Crippen molar-refractivity contribution in [2.45, 2.75) is 19.4 Å². The van der Waals surface area contributed by atoms with E-state index in [1.54, 1.807) is 43.3 Å². The highest BCUT2D eigenvalue weighted by molar-refractivity contribution is 6.32. The molecule has 2 aromatic rings. The lowest BCUT2D eigenvalue weighted by molar-refractivity contribution is -0.177. The SMILES string of the molecule is CCC(Oc1ccccc1Cl)C(=O)ON1C(=O)c2ccccc2C1=O. The Morgan fingerprint density at radius 1 is 1.04 bits per heavy atom. The van der Waals surface area contributed by atoms with Gasteiger partial charge in [-0.1, -0.05) is 47.9 Å². The number of imide groups is 1. The number of fused-ring (bicyclic) bond motifs is 1. The van der Waals surface area contributed by atoms with Gasteiger partial charge in [0.2, 0.25) is 0 Å². The Bertz CT molecular complexity index is 816. The molecule has 1 unspecified atom stereocenters. The number of ether oxygens (including phenoxy) is 1. The van der Waals surface area contributed by atoms with E-state index in [0.29, 0.717) is 15.8 Å². The second-order valence-electron chi connectivity index (χ2n) is 5.31. The molecule has 25 heavy (non-hydrogen) atoms. The fraction of sp³-hybridized carbons (Fsp3) is 0.167. The molecule has 7 heteroatoms. The third-order valence-corrected chi connectivity index (χ3v) is 3.99. The minimum absolute atomic E-state index is 0.195. The summed E-state index contributed by atoms with van der Waals surface area (Å²) in [7, 11) is 0. The maximum atomic E-state index is 12.4. The van der Waals surface area contributed by atoms with Gasteiger partial charge in [-0.3, -0.25) is 9.59 Å². The summed E-state index contributed by atoms with van der Waals surface area (Å²) >= 11 is 6.01. The number of hydroxylamine groups is 2. The third-order valence-electron chi connectivity index (χ3n) is 3.68. The van der Waals surface area contributed by atoms with Crippen molar-refractivity contribution >= 4 is 29.4 Å². The molecule has 3 rings (SSSR count). The maximum absolute atomic E-state index is 12.4. The number of amides is 2. The van der Waals surface area contributed by atoms with E-state index in [1.165, 1.54) is 12.1 Å². The van der Waals surface area contributed by atoms with Gasteiger partial charge in [0.1, 0.15) is 5.75 Å². The number of para-hydroxylation sites is 1. The van der Waals surface area contributed by atoms with Crippen molar-refractivity contribution in [3.63, 3.8) is 0 Å². The molecule has 2 aromatic carbocycles. The van der Waals surface area contributed by atoms with Crippen LogP contribution in [0.25, 0.3) is 0 Å². The van der Waals surface area contributed by atoms with E-state index < -0.39 is 23.9 Å². The first-order valence-electron chi connectivity index (χ1n) is 7.63. The predicted molar refractivity (Wildman–Crippen MR) is 89.2 cm³/mol. The average molecular weight is 360 g/mol. The van der Waals surface area contributed by atoms with Gasteiger partial charge in [-0.05, 0) is 30.7 Å². The van der Waals surface area contributed by atoms with Crippen molar-refractivity contribution in [1.82, 2.24) is 5.06 Å². The summed E-state index contributed by atoms with van der Waals surface area (Å²) in [5.74, 6) is -1.89. The average Bonchev–Trinajstić information content (AvgIpc) is 2.86. The molecule has 6 nitrogen and oxygen atoms in total. The topological polar surface area (TPSA) is 72.9 Å². The number of rotatable bonds is 5. The minimum Gasteiger partial charge on any atom is -0.477 e. The monoisotopic (exact) mass is 359 g/mol. The Morgan fingerprint density at radius 2 is 1.60 bits per heavy atom. The fourth-order valence-corrected chi connectivity index (χ4v) is 2.57. The number of benzene rings is 2. The van der Waals surface area contributed by atoms with Crippen molar-refractivity contribution in [2.24, 2.45) is 0 Å². The number of hydrogen-bond acceptors (Lipinski definition) is 5. The van der Waals surface area contributed by atoms with Crippen LogP contribution in [0.2, 0.25) is 5.02 Å². The molecule has 2 amide bonds. The maximum Gasteiger partial charge on any atom is 0.373 e. The van der Waals surface area contributed by atoms with Crippen LogP contribution in [0.4, 0.5) is 0 Å². The zero-order valence-electron chi connectivity index (χ0n) is 13.3. The van der Waals surface area contributed by atoms with Gasteiger partial charge in [-0.2, -0.15) is 0 Å². The van der Waals surface area contributed by atoms with Gasteiger partial charge >= 0.3 is 5.97 Å². The van der Waals surface area contributed by atoms with Crippen molar-refractivity contribution in [1.29, 1.82) is 0 Å². The summed E-state index contributed by atoms with van der Waals surface area (Å²) in [5.41, 5.74) is 0.390. The number of halogens is 1. The van der Waals surface area contributed by atoms with Crippen molar-refractivity contribution in [3.8, 4) is 5.75 Å². The van der Waals surface area contributed by atoms with E-state index in [2.05, 4.69) is 0 Å². The summed E-state index contributed by atoms with van der Waals surface area (Å²) in [6, 6.07) is 12.9. The first-order valence-corrected chi connectivity index (χ1v) is 8.01. The third kappa shape index (κ3) is 3.21. The second-order valence-corrected chi connectivity index (χ2v) is 5.71. The summed E-state index contributed by atoms with van der Waals surface area (Å²) < 4.78 is 5.56. The lowest BCUT2D eigenvalue weighted by Gasteiger charge is -2.19. The minimum atomic E-state index is -1.01. The molecule has 1 atom stereocenters. The Kier molecular flexibility index (Phi) is 4.72. The highest BCUT2D eigenvalue weighted by atomic mass is 35.5. The highest BCUT2D eigenvalue weighted by Gasteiger charge is 2.40. The molecule has 0 saturated heterocycles. The first-order chi connectivity index (χ1) is 12.0. The summed E-state index contributed by atoms with van der Waals surface area (Å²) in [6.07, 6.45) is -0.739. The van der Waals surface area contributed by atoms with Gasteiger partial charge in [0.15, 0.2) is 6.10 Å². The van der Waals surface area contributed by atoms with Crippen molar-refractivity contribution in [2.75, 3.05) is 0 Å². The standard InChI is InChI=1S/C18H14ClNO5/c1-2-14(24-15-10-6-5-9-13(15)19)18(23)25-20-16(21)11-7-3-4-8-12(11)17(20)22/h3-10,14H,2H2,1H3. The number of nitrogens with zero attached hydrogens (tertiary/aromatic N) is 1. The molecule has 0 aliphatic carbocycles. The highest BCUT2D eigenvalue weighted by Crippen LogP contribution is 2.26. The molecule has 0 N–H and O–H groups in total. The van der Waals surface area contributed by atoms with Crippen LogP contribution < -0.4 is 4.74 Å². The zero-order valence-corrected chi connectivity index (χ0v) is 14.0. The van der Waals surface area contributed by atoms with Crippen LogP contribution in [0.3, 0.4) is 0 Å². The van der Waals surface area contributed by atoms with Crippen LogP contribution in [-0.2, 0) is 9.63 Å². The van der Waals surface area contributed by atoms with E-state index >= 15 is 0 Å². The van der Waals surface area contributed by atoms with Crippen molar-refractivity contribution in [3.05, 3.63) is 64.7 Å². The summed E-state index contributed by atoms with van der Waals surface area (Å²) in [5, 5.41) is 0.806. The normalized spacial score (nSPS) is 14.2. The van der Waals surface area contributed by atoms with Gasteiger partial charge in [-0.15, -0.1) is 0 Å².